The smallest absolute Gasteiger partial charge is 0.306 e. The molecular formula is C32H43N3O9. The maximum atomic E-state index is 14.1. The van der Waals surface area contributed by atoms with Crippen molar-refractivity contribution in [2.75, 3.05) is 39.7 Å². The third-order valence-electron chi connectivity index (χ3n) is 9.12. The molecule has 3 aliphatic rings. The van der Waals surface area contributed by atoms with Gasteiger partial charge in [-0.15, -0.1) is 0 Å². The number of likely N-dealkylation sites (N-methyl/N-ethyl adjacent to an activating group) is 1. The number of unbranched alkanes of at least 4 members (excludes halogenated alkanes) is 3. The fourth-order valence-electron chi connectivity index (χ4n) is 6.96. The summed E-state index contributed by atoms with van der Waals surface area (Å²) >= 11 is 0. The fraction of sp³-hybridized carbons (Fsp3) is 0.562. The van der Waals surface area contributed by atoms with Crippen molar-refractivity contribution in [2.24, 2.45) is 17.6 Å². The first kappa shape index (κ1) is 33.0. The summed E-state index contributed by atoms with van der Waals surface area (Å²) in [6, 6.07) is 0.588. The van der Waals surface area contributed by atoms with Crippen LogP contribution in [-0.2, 0) is 36.8 Å². The van der Waals surface area contributed by atoms with Crippen molar-refractivity contribution in [3.05, 3.63) is 39.7 Å². The zero-order valence-electron chi connectivity index (χ0n) is 26.0. The van der Waals surface area contributed by atoms with E-state index in [1.54, 1.807) is 39.2 Å². The lowest BCUT2D eigenvalue weighted by molar-refractivity contribution is -0.153. The Balaban J connectivity index is 1.76. The first-order chi connectivity index (χ1) is 20.7. The lowest BCUT2D eigenvalue weighted by atomic mass is 9.57. The Morgan fingerprint density at radius 1 is 1.09 bits per heavy atom. The molecule has 0 unspecified atom stereocenters. The third kappa shape index (κ3) is 5.45. The van der Waals surface area contributed by atoms with Gasteiger partial charge >= 0.3 is 5.97 Å². The molecule has 0 saturated heterocycles. The summed E-state index contributed by atoms with van der Waals surface area (Å²) < 4.78 is 5.33. The number of fused-ring (bicyclic) bond motifs is 3. The average Bonchev–Trinajstić information content (AvgIpc) is 2.93. The minimum absolute atomic E-state index is 0.00424. The van der Waals surface area contributed by atoms with Gasteiger partial charge in [-0.1, -0.05) is 26.2 Å². The summed E-state index contributed by atoms with van der Waals surface area (Å²) in [7, 11) is 6.69. The Bertz CT molecular complexity index is 1440. The number of amides is 1. The molecule has 0 aliphatic heterocycles. The van der Waals surface area contributed by atoms with Crippen molar-refractivity contribution < 1.29 is 44.3 Å². The third-order valence-corrected chi connectivity index (χ3v) is 9.12. The maximum absolute atomic E-state index is 14.1. The maximum Gasteiger partial charge on any atom is 0.306 e. The van der Waals surface area contributed by atoms with Crippen LogP contribution in [0.2, 0.25) is 0 Å². The predicted molar refractivity (Wildman–Crippen MR) is 162 cm³/mol. The summed E-state index contributed by atoms with van der Waals surface area (Å²) in [4.78, 5) is 55.2. The van der Waals surface area contributed by atoms with Crippen LogP contribution >= 0.6 is 0 Å². The van der Waals surface area contributed by atoms with Gasteiger partial charge in [-0.2, -0.15) is 0 Å². The van der Waals surface area contributed by atoms with E-state index in [0.717, 1.165) is 25.7 Å². The molecular weight excluding hydrogens is 570 g/mol. The molecule has 12 nitrogen and oxygen atoms in total. The number of carbonyl (C=O) groups is 4. The number of phenolic OH excluding ortho intramolecular Hbond substituents is 1. The second kappa shape index (κ2) is 12.6. The van der Waals surface area contributed by atoms with Gasteiger partial charge < -0.3 is 35.8 Å². The first-order valence-electron chi connectivity index (χ1n) is 15.0. The number of nitrogens with zero attached hydrogens (tertiary/aromatic N) is 2. The molecule has 0 aromatic heterocycles. The number of anilines is 1. The number of rotatable bonds is 11. The molecule has 4 atom stereocenters. The zero-order valence-corrected chi connectivity index (χ0v) is 26.0. The molecule has 3 aliphatic carbocycles. The topological polar surface area (TPSA) is 191 Å². The van der Waals surface area contributed by atoms with Crippen LogP contribution in [0.4, 0.5) is 5.69 Å². The average molecular weight is 614 g/mol. The summed E-state index contributed by atoms with van der Waals surface area (Å²) in [6.45, 7) is 2.41. The number of benzene rings is 1. The Morgan fingerprint density at radius 2 is 1.77 bits per heavy atom. The number of aryl methyl sites for hydroxylation is 1. The van der Waals surface area contributed by atoms with Crippen molar-refractivity contribution in [3.63, 3.8) is 0 Å². The monoisotopic (exact) mass is 613 g/mol. The van der Waals surface area contributed by atoms with Crippen LogP contribution in [0.25, 0.3) is 5.76 Å². The first-order valence-corrected chi connectivity index (χ1v) is 15.0. The molecule has 1 aromatic carbocycles. The Kier molecular flexibility index (Phi) is 9.46. The van der Waals surface area contributed by atoms with Gasteiger partial charge in [0.1, 0.15) is 22.8 Å². The highest BCUT2D eigenvalue weighted by molar-refractivity contribution is 6.24. The number of aliphatic hydroxyl groups is 3. The van der Waals surface area contributed by atoms with E-state index >= 15 is 0 Å². The van der Waals surface area contributed by atoms with Gasteiger partial charge in [0.2, 0.25) is 5.78 Å². The summed E-state index contributed by atoms with van der Waals surface area (Å²) in [5.74, 6) is -7.41. The van der Waals surface area contributed by atoms with Gasteiger partial charge in [-0.05, 0) is 62.9 Å². The second-order valence-corrected chi connectivity index (χ2v) is 12.4. The Morgan fingerprint density at radius 3 is 2.36 bits per heavy atom. The van der Waals surface area contributed by atoms with Crippen molar-refractivity contribution in [1.82, 2.24) is 4.90 Å². The minimum Gasteiger partial charge on any atom is -0.508 e. The highest BCUT2D eigenvalue weighted by Gasteiger charge is 2.64. The summed E-state index contributed by atoms with van der Waals surface area (Å²) in [5, 5.41) is 45.8. The molecule has 240 valence electrons. The molecule has 12 heteroatoms. The molecule has 1 aromatic rings. The lowest BCUT2D eigenvalue weighted by Gasteiger charge is -2.50. The fourth-order valence-corrected chi connectivity index (χ4v) is 6.96. The number of ketones is 2. The number of Topliss-reactive ketones (excluding diaryl/α,β-unsaturated/α-hetero) is 2. The van der Waals surface area contributed by atoms with Gasteiger partial charge in [0.05, 0.1) is 18.2 Å². The normalized spacial score (nSPS) is 24.7. The zero-order chi connectivity index (χ0) is 32.7. The highest BCUT2D eigenvalue weighted by Crippen LogP contribution is 2.54. The second-order valence-electron chi connectivity index (χ2n) is 12.4. The molecule has 0 heterocycles. The largest absolute Gasteiger partial charge is 0.508 e. The van der Waals surface area contributed by atoms with E-state index in [2.05, 4.69) is 6.92 Å². The Hall–Kier alpha value is -3.90. The van der Waals surface area contributed by atoms with E-state index in [9.17, 15) is 39.6 Å². The summed E-state index contributed by atoms with van der Waals surface area (Å²) in [5.41, 5.74) is 3.16. The molecule has 6 N–H and O–H groups in total. The Labute approximate surface area is 256 Å². The van der Waals surface area contributed by atoms with E-state index in [0.29, 0.717) is 23.4 Å². The number of esters is 1. The van der Waals surface area contributed by atoms with E-state index < -0.39 is 64.0 Å². The molecule has 4 rings (SSSR count). The van der Waals surface area contributed by atoms with Crippen molar-refractivity contribution in [3.8, 4) is 5.75 Å². The van der Waals surface area contributed by atoms with E-state index in [1.165, 1.54) is 4.90 Å². The molecule has 44 heavy (non-hydrogen) atoms. The summed E-state index contributed by atoms with van der Waals surface area (Å²) in [6.07, 6.45) is 4.14. The number of hydrogen-bond acceptors (Lipinski definition) is 11. The number of primary amides is 1. The number of ether oxygens (including phenoxy) is 1. The molecule has 0 radical (unpaired) electrons. The molecule has 0 spiro atoms. The minimum atomic E-state index is -2.71. The standard InChI is InChI=1S/C32H43N3O9/c1-6-7-8-9-12-44-21(36)11-10-16-15-20(34(2)3)18-13-17-14-19-25(35(4)5)28(39)24(31(33)42)30(41)32(19,43)29(40)22(17)27(38)23(18)26(16)37/h15,17,19,25,37-38,41,43H,6-14H2,1-5H3,(H2,33,42)/t17-,19-,25-,32-/m1/s1. The van der Waals surface area contributed by atoms with E-state index in [-0.39, 0.29) is 42.6 Å². The van der Waals surface area contributed by atoms with Gasteiger partial charge in [0.25, 0.3) is 5.91 Å². The number of carbonyl (C=O) groups excluding carboxylic acids is 4. The molecule has 1 amide bonds. The SMILES string of the molecule is CCCCCCOC(=O)CCc1cc(N(C)C)c2c(c1O)C(O)=C1C(=O)[C@@]3(O)C(O)=C(C(N)=O)C(=O)[C@H](N(C)C)[C@H]3C[C@H]1C2. The van der Waals surface area contributed by atoms with Crippen LogP contribution < -0.4 is 10.6 Å². The predicted octanol–water partition coefficient (Wildman–Crippen LogP) is 2.09. The molecule has 0 bridgehead atoms. The van der Waals surface area contributed by atoms with Gasteiger partial charge in [0.15, 0.2) is 11.4 Å². The van der Waals surface area contributed by atoms with Crippen LogP contribution in [0.3, 0.4) is 0 Å². The van der Waals surface area contributed by atoms with Crippen LogP contribution in [0.15, 0.2) is 23.0 Å². The van der Waals surface area contributed by atoms with Crippen molar-refractivity contribution in [1.29, 1.82) is 0 Å². The van der Waals surface area contributed by atoms with Crippen LogP contribution in [0.5, 0.6) is 5.75 Å². The van der Waals surface area contributed by atoms with Crippen molar-refractivity contribution in [2.45, 2.75) is 69.9 Å². The van der Waals surface area contributed by atoms with Crippen molar-refractivity contribution >= 4 is 34.9 Å². The molecule has 1 saturated carbocycles. The van der Waals surface area contributed by atoms with Gasteiger partial charge in [0, 0.05) is 37.7 Å². The van der Waals surface area contributed by atoms with Gasteiger partial charge in [-0.25, -0.2) is 0 Å². The molecule has 1 fully saturated rings. The van der Waals surface area contributed by atoms with Gasteiger partial charge in [-0.3, -0.25) is 24.1 Å². The van der Waals surface area contributed by atoms with Crippen LogP contribution in [0, 0.1) is 11.8 Å². The van der Waals surface area contributed by atoms with Crippen LogP contribution in [0.1, 0.15) is 62.1 Å². The number of phenols is 1. The number of nitrogens with two attached hydrogens (primary N) is 1. The highest BCUT2D eigenvalue weighted by atomic mass is 16.5. The van der Waals surface area contributed by atoms with E-state index in [4.69, 9.17) is 10.5 Å². The number of aromatic hydroxyl groups is 1. The quantitative estimate of drug-likeness (QED) is 0.139. The number of aliphatic hydroxyl groups excluding tert-OH is 2. The van der Waals surface area contributed by atoms with E-state index in [1.807, 2.05) is 0 Å². The lowest BCUT2D eigenvalue weighted by Crippen LogP contribution is -2.65. The van der Waals surface area contributed by atoms with Crippen LogP contribution in [-0.4, -0.2) is 95.2 Å². The number of hydrogen-bond donors (Lipinski definition) is 5.